The Bertz CT molecular complexity index is 1100. The van der Waals surface area contributed by atoms with Crippen LogP contribution in [0.3, 0.4) is 0 Å². The van der Waals surface area contributed by atoms with Gasteiger partial charge in [-0.05, 0) is 67.5 Å². The fourth-order valence-corrected chi connectivity index (χ4v) is 4.23. The van der Waals surface area contributed by atoms with Crippen LogP contribution in [0.2, 0.25) is 0 Å². The summed E-state index contributed by atoms with van der Waals surface area (Å²) in [5.41, 5.74) is 3.55. The molecule has 2 aliphatic heterocycles. The molecular formula is C24H25N3O4. The molecule has 0 atom stereocenters. The number of benzene rings is 2. The van der Waals surface area contributed by atoms with Gasteiger partial charge in [-0.3, -0.25) is 19.7 Å². The highest BCUT2D eigenvalue weighted by molar-refractivity contribution is 6.45. The first-order valence-corrected chi connectivity index (χ1v) is 10.5. The minimum absolute atomic E-state index is 0.0548. The van der Waals surface area contributed by atoms with Crippen LogP contribution in [0.4, 0.5) is 11.4 Å². The number of rotatable bonds is 4. The molecule has 2 aromatic carbocycles. The van der Waals surface area contributed by atoms with Crippen molar-refractivity contribution >= 4 is 28.8 Å². The third-order valence-corrected chi connectivity index (χ3v) is 6.13. The summed E-state index contributed by atoms with van der Waals surface area (Å²) < 4.78 is 0. The lowest BCUT2D eigenvalue weighted by Gasteiger charge is -2.32. The van der Waals surface area contributed by atoms with Gasteiger partial charge in [-0.25, -0.2) is 4.90 Å². The number of carbonyl (C=O) groups is 2. The van der Waals surface area contributed by atoms with Gasteiger partial charge in [0, 0.05) is 25.2 Å². The zero-order chi connectivity index (χ0) is 22.3. The fraction of sp³-hybridized carbons (Fsp3) is 0.333. The van der Waals surface area contributed by atoms with Crippen LogP contribution >= 0.6 is 0 Å². The van der Waals surface area contributed by atoms with E-state index in [1.165, 1.54) is 17.0 Å². The Morgan fingerprint density at radius 2 is 1.61 bits per heavy atom. The van der Waals surface area contributed by atoms with Crippen molar-refractivity contribution in [3.05, 3.63) is 75.0 Å². The van der Waals surface area contributed by atoms with E-state index in [2.05, 4.69) is 6.92 Å². The van der Waals surface area contributed by atoms with Crippen molar-refractivity contribution in [1.82, 2.24) is 4.90 Å². The second kappa shape index (κ2) is 7.98. The van der Waals surface area contributed by atoms with Crippen molar-refractivity contribution < 1.29 is 14.5 Å². The lowest BCUT2D eigenvalue weighted by Crippen LogP contribution is -2.38. The molecule has 0 N–H and O–H groups in total. The summed E-state index contributed by atoms with van der Waals surface area (Å²) in [7, 11) is 0. The average molecular weight is 419 g/mol. The van der Waals surface area contributed by atoms with Gasteiger partial charge in [-0.15, -0.1) is 0 Å². The second-order valence-corrected chi connectivity index (χ2v) is 8.43. The molecule has 31 heavy (non-hydrogen) atoms. The summed E-state index contributed by atoms with van der Waals surface area (Å²) in [6.07, 6.45) is 1.89. The van der Waals surface area contributed by atoms with Crippen molar-refractivity contribution in [3.63, 3.8) is 0 Å². The molecule has 0 aromatic heterocycles. The molecule has 0 bridgehead atoms. The van der Waals surface area contributed by atoms with Crippen LogP contribution in [0.15, 0.2) is 48.2 Å². The van der Waals surface area contributed by atoms with Crippen molar-refractivity contribution in [2.45, 2.75) is 33.6 Å². The SMILES string of the molecule is Cc1ccc(C)c(N2C(=O)C(c3ccc([N+](=O)[O-])cc3)=C(N3CCC(C)CC3)C2=O)c1. The molecule has 0 saturated carbocycles. The minimum atomic E-state index is -0.477. The van der Waals surface area contributed by atoms with Crippen LogP contribution in [-0.4, -0.2) is 34.7 Å². The maximum atomic E-state index is 13.6. The molecule has 2 aromatic rings. The number of hydrogen-bond acceptors (Lipinski definition) is 5. The summed E-state index contributed by atoms with van der Waals surface area (Å²) in [4.78, 5) is 41.1. The number of likely N-dealkylation sites (tertiary alicyclic amines) is 1. The largest absolute Gasteiger partial charge is 0.366 e. The summed E-state index contributed by atoms with van der Waals surface area (Å²) >= 11 is 0. The zero-order valence-corrected chi connectivity index (χ0v) is 17.9. The standard InChI is InChI=1S/C24H25N3O4/c1-15-10-12-25(13-11-15)22-21(18-6-8-19(9-7-18)27(30)31)23(28)26(24(22)29)20-14-16(2)4-5-17(20)3/h4-9,14-15H,10-13H2,1-3H3. The number of amides is 2. The van der Waals surface area contributed by atoms with Gasteiger partial charge in [0.05, 0.1) is 16.2 Å². The monoisotopic (exact) mass is 419 g/mol. The molecule has 0 unspecified atom stereocenters. The number of anilines is 1. The fourth-order valence-electron chi connectivity index (χ4n) is 4.23. The van der Waals surface area contributed by atoms with E-state index in [4.69, 9.17) is 0 Å². The molecule has 2 heterocycles. The third-order valence-electron chi connectivity index (χ3n) is 6.13. The predicted molar refractivity (Wildman–Crippen MR) is 118 cm³/mol. The molecule has 0 spiro atoms. The van der Waals surface area contributed by atoms with Gasteiger partial charge in [0.25, 0.3) is 17.5 Å². The Morgan fingerprint density at radius 3 is 2.23 bits per heavy atom. The molecule has 1 saturated heterocycles. The number of piperidine rings is 1. The smallest absolute Gasteiger partial charge is 0.282 e. The van der Waals surface area contributed by atoms with Crippen molar-refractivity contribution in [2.75, 3.05) is 18.0 Å². The van der Waals surface area contributed by atoms with Crippen LogP contribution < -0.4 is 4.90 Å². The number of hydrogen-bond donors (Lipinski definition) is 0. The molecule has 2 amide bonds. The Morgan fingerprint density at radius 1 is 0.968 bits per heavy atom. The lowest BCUT2D eigenvalue weighted by atomic mass is 9.97. The van der Waals surface area contributed by atoms with Crippen molar-refractivity contribution in [1.29, 1.82) is 0 Å². The number of aryl methyl sites for hydroxylation is 2. The van der Waals surface area contributed by atoms with E-state index in [-0.39, 0.29) is 17.5 Å². The predicted octanol–water partition coefficient (Wildman–Crippen LogP) is 4.23. The van der Waals surface area contributed by atoms with E-state index in [1.807, 2.05) is 36.9 Å². The molecule has 7 nitrogen and oxygen atoms in total. The normalized spacial score (nSPS) is 17.6. The van der Waals surface area contributed by atoms with E-state index in [0.29, 0.717) is 41.5 Å². The highest BCUT2D eigenvalue weighted by Gasteiger charge is 2.43. The second-order valence-electron chi connectivity index (χ2n) is 8.43. The molecule has 7 heteroatoms. The number of nitrogens with zero attached hydrogens (tertiary/aromatic N) is 3. The number of imide groups is 1. The molecule has 0 aliphatic carbocycles. The lowest BCUT2D eigenvalue weighted by molar-refractivity contribution is -0.384. The third kappa shape index (κ3) is 3.71. The Balaban J connectivity index is 1.83. The molecule has 2 aliphatic rings. The molecule has 1 fully saturated rings. The van der Waals surface area contributed by atoms with Gasteiger partial charge in [0.1, 0.15) is 5.70 Å². The van der Waals surface area contributed by atoms with Gasteiger partial charge in [0.15, 0.2) is 0 Å². The number of nitro benzene ring substituents is 1. The maximum Gasteiger partial charge on any atom is 0.282 e. The summed E-state index contributed by atoms with van der Waals surface area (Å²) in [5.74, 6) is -0.148. The molecule has 4 rings (SSSR count). The van der Waals surface area contributed by atoms with Gasteiger partial charge in [-0.1, -0.05) is 19.1 Å². The topological polar surface area (TPSA) is 83.8 Å². The molecule has 160 valence electrons. The Kier molecular flexibility index (Phi) is 5.35. The highest BCUT2D eigenvalue weighted by atomic mass is 16.6. The van der Waals surface area contributed by atoms with Crippen LogP contribution in [0.5, 0.6) is 0 Å². The first-order chi connectivity index (χ1) is 14.8. The van der Waals surface area contributed by atoms with E-state index < -0.39 is 4.92 Å². The van der Waals surface area contributed by atoms with E-state index in [0.717, 1.165) is 24.0 Å². The summed E-state index contributed by atoms with van der Waals surface area (Å²) in [6.45, 7) is 7.39. The summed E-state index contributed by atoms with van der Waals surface area (Å²) in [5, 5.41) is 11.1. The van der Waals surface area contributed by atoms with E-state index in [9.17, 15) is 19.7 Å². The Labute approximate surface area is 181 Å². The van der Waals surface area contributed by atoms with Crippen molar-refractivity contribution in [3.8, 4) is 0 Å². The van der Waals surface area contributed by atoms with E-state index >= 15 is 0 Å². The van der Waals surface area contributed by atoms with Crippen LogP contribution in [0, 0.1) is 29.9 Å². The average Bonchev–Trinajstić information content (AvgIpc) is 3.00. The first kappa shape index (κ1) is 20.8. The van der Waals surface area contributed by atoms with Crippen LogP contribution in [-0.2, 0) is 9.59 Å². The summed E-state index contributed by atoms with van der Waals surface area (Å²) in [6, 6.07) is 11.5. The van der Waals surface area contributed by atoms with Crippen LogP contribution in [0.25, 0.3) is 5.57 Å². The molecule has 0 radical (unpaired) electrons. The molecular weight excluding hydrogens is 394 g/mol. The first-order valence-electron chi connectivity index (χ1n) is 10.5. The Hall–Kier alpha value is -3.48. The zero-order valence-electron chi connectivity index (χ0n) is 17.9. The van der Waals surface area contributed by atoms with Gasteiger partial charge < -0.3 is 4.90 Å². The van der Waals surface area contributed by atoms with Gasteiger partial charge >= 0.3 is 0 Å². The minimum Gasteiger partial charge on any atom is -0.366 e. The van der Waals surface area contributed by atoms with Crippen molar-refractivity contribution in [2.24, 2.45) is 5.92 Å². The highest BCUT2D eigenvalue weighted by Crippen LogP contribution is 2.38. The van der Waals surface area contributed by atoms with Crippen LogP contribution in [0.1, 0.15) is 36.5 Å². The number of carbonyl (C=O) groups excluding carboxylic acids is 2. The number of non-ortho nitro benzene ring substituents is 1. The quantitative estimate of drug-likeness (QED) is 0.421. The maximum absolute atomic E-state index is 13.6. The van der Waals surface area contributed by atoms with Gasteiger partial charge in [-0.2, -0.15) is 0 Å². The number of nitro groups is 1. The van der Waals surface area contributed by atoms with E-state index in [1.54, 1.807) is 12.1 Å². The van der Waals surface area contributed by atoms with Gasteiger partial charge in [0.2, 0.25) is 0 Å².